The van der Waals surface area contributed by atoms with Crippen LogP contribution in [0.5, 0.6) is 11.5 Å². The Kier molecular flexibility index (Phi) is 2.45. The molecule has 0 atom stereocenters. The molecule has 17 heavy (non-hydrogen) atoms. The van der Waals surface area contributed by atoms with Crippen molar-refractivity contribution < 1.29 is 33.0 Å². The summed E-state index contributed by atoms with van der Waals surface area (Å²) in [4.78, 5) is 21.2. The van der Waals surface area contributed by atoms with Crippen LogP contribution in [0.15, 0.2) is 18.2 Å². The quantitative estimate of drug-likeness (QED) is 0.809. The Morgan fingerprint density at radius 1 is 1.24 bits per heavy atom. The topological polar surface area (TPSA) is 72.8 Å². The number of Topliss-reactive ketones (excluding diaryl/α,β-unsaturated/α-hetero) is 1. The second-order valence-corrected chi connectivity index (χ2v) is 3.35. The summed E-state index contributed by atoms with van der Waals surface area (Å²) in [6.07, 6.45) is -4.12. The van der Waals surface area contributed by atoms with Crippen molar-refractivity contribution in [1.29, 1.82) is 0 Å². The fourth-order valence-electron chi connectivity index (χ4n) is 1.36. The molecular weight excluding hydrogens is 238 g/mol. The number of fused-ring (bicyclic) bond motifs is 1. The van der Waals surface area contributed by atoms with Gasteiger partial charge in [-0.3, -0.25) is 4.79 Å². The van der Waals surface area contributed by atoms with Crippen molar-refractivity contribution in [3.05, 3.63) is 23.8 Å². The van der Waals surface area contributed by atoms with Crippen molar-refractivity contribution in [2.24, 2.45) is 0 Å². The first-order valence-electron chi connectivity index (χ1n) is 4.52. The highest BCUT2D eigenvalue weighted by atomic mass is 19.3. The van der Waals surface area contributed by atoms with Crippen molar-refractivity contribution >= 4 is 11.8 Å². The summed E-state index contributed by atoms with van der Waals surface area (Å²) in [6, 6.07) is 3.67. The van der Waals surface area contributed by atoms with E-state index < -0.39 is 24.5 Å². The lowest BCUT2D eigenvalue weighted by Gasteiger charge is -2.04. The third kappa shape index (κ3) is 2.32. The van der Waals surface area contributed by atoms with Gasteiger partial charge in [-0.1, -0.05) is 6.07 Å². The van der Waals surface area contributed by atoms with E-state index in [4.69, 9.17) is 5.11 Å². The van der Waals surface area contributed by atoms with E-state index in [0.29, 0.717) is 0 Å². The van der Waals surface area contributed by atoms with Gasteiger partial charge < -0.3 is 14.6 Å². The lowest BCUT2D eigenvalue weighted by atomic mass is 10.1. The van der Waals surface area contributed by atoms with Crippen molar-refractivity contribution in [2.45, 2.75) is 12.7 Å². The summed E-state index contributed by atoms with van der Waals surface area (Å²) in [6.45, 7) is 0. The molecule has 0 saturated carbocycles. The standard InChI is InChI=1S/C10H6F2O5/c11-10(12)16-7-2-1-5(4-8(7)17-10)3-6(13)9(14)15/h1-2,4H,3H2,(H,14,15). The fraction of sp³-hybridized carbons (Fsp3) is 0.200. The number of alkyl halides is 2. The number of ether oxygens (including phenoxy) is 2. The maximum Gasteiger partial charge on any atom is 0.586 e. The minimum Gasteiger partial charge on any atom is -0.475 e. The SMILES string of the molecule is O=C(O)C(=O)Cc1ccc2c(c1)OC(F)(F)O2. The Balaban J connectivity index is 2.19. The minimum absolute atomic E-state index is 0.151. The maximum atomic E-state index is 12.7. The van der Waals surface area contributed by atoms with Crippen LogP contribution in [-0.4, -0.2) is 23.2 Å². The predicted octanol–water partition coefficient (Wildman–Crippen LogP) is 1.20. The zero-order valence-electron chi connectivity index (χ0n) is 8.28. The monoisotopic (exact) mass is 244 g/mol. The largest absolute Gasteiger partial charge is 0.586 e. The molecule has 0 aromatic heterocycles. The van der Waals surface area contributed by atoms with E-state index in [1.54, 1.807) is 0 Å². The Morgan fingerprint density at radius 3 is 2.53 bits per heavy atom. The van der Waals surface area contributed by atoms with Gasteiger partial charge in [0.1, 0.15) is 0 Å². The van der Waals surface area contributed by atoms with Crippen LogP contribution in [-0.2, 0) is 16.0 Å². The van der Waals surface area contributed by atoms with Crippen LogP contribution in [0.4, 0.5) is 8.78 Å². The molecule has 0 unspecified atom stereocenters. The van der Waals surface area contributed by atoms with Gasteiger partial charge in [0.05, 0.1) is 0 Å². The smallest absolute Gasteiger partial charge is 0.475 e. The molecule has 0 aliphatic carbocycles. The van der Waals surface area contributed by atoms with Crippen molar-refractivity contribution in [3.63, 3.8) is 0 Å². The summed E-state index contributed by atoms with van der Waals surface area (Å²) < 4.78 is 33.6. The van der Waals surface area contributed by atoms with Gasteiger partial charge in [0, 0.05) is 6.42 Å². The Bertz CT molecular complexity index is 497. The zero-order chi connectivity index (χ0) is 12.6. The predicted molar refractivity (Wildman–Crippen MR) is 49.0 cm³/mol. The normalized spacial score (nSPS) is 15.6. The van der Waals surface area contributed by atoms with E-state index >= 15 is 0 Å². The molecular formula is C10H6F2O5. The Morgan fingerprint density at radius 2 is 1.88 bits per heavy atom. The van der Waals surface area contributed by atoms with Crippen molar-refractivity contribution in [1.82, 2.24) is 0 Å². The molecule has 7 heteroatoms. The Labute approximate surface area is 93.6 Å². The molecule has 1 aromatic rings. The third-order valence-corrected chi connectivity index (χ3v) is 2.07. The molecule has 0 fully saturated rings. The number of rotatable bonds is 3. The molecule has 1 aromatic carbocycles. The lowest BCUT2D eigenvalue weighted by Crippen LogP contribution is -2.25. The van der Waals surface area contributed by atoms with Crippen LogP contribution >= 0.6 is 0 Å². The number of aliphatic carboxylic acids is 1. The molecule has 1 aliphatic rings. The molecule has 0 saturated heterocycles. The van der Waals surface area contributed by atoms with Crippen LogP contribution in [0, 0.1) is 0 Å². The van der Waals surface area contributed by atoms with Gasteiger partial charge in [-0.25, -0.2) is 4.79 Å². The molecule has 1 aliphatic heterocycles. The minimum atomic E-state index is -3.72. The van der Waals surface area contributed by atoms with Crippen LogP contribution in [0.3, 0.4) is 0 Å². The number of ketones is 1. The van der Waals surface area contributed by atoms with E-state index in [2.05, 4.69) is 9.47 Å². The summed E-state index contributed by atoms with van der Waals surface area (Å²) in [7, 11) is 0. The highest BCUT2D eigenvalue weighted by Crippen LogP contribution is 2.41. The molecule has 1 N–H and O–H groups in total. The highest BCUT2D eigenvalue weighted by Gasteiger charge is 2.43. The molecule has 0 spiro atoms. The van der Waals surface area contributed by atoms with Crippen molar-refractivity contribution in [2.75, 3.05) is 0 Å². The number of carbonyl (C=O) groups excluding carboxylic acids is 1. The number of hydrogen-bond donors (Lipinski definition) is 1. The number of carbonyl (C=O) groups is 2. The first kappa shape index (κ1) is 11.3. The lowest BCUT2D eigenvalue weighted by molar-refractivity contribution is -0.286. The highest BCUT2D eigenvalue weighted by molar-refractivity contribution is 6.33. The van der Waals surface area contributed by atoms with E-state index in [1.165, 1.54) is 12.1 Å². The summed E-state index contributed by atoms with van der Waals surface area (Å²) in [5, 5.41) is 8.39. The third-order valence-electron chi connectivity index (χ3n) is 2.07. The molecule has 0 amide bonds. The number of carboxylic acids is 1. The molecule has 90 valence electrons. The molecule has 1 heterocycles. The van der Waals surface area contributed by atoms with Gasteiger partial charge in [-0.15, -0.1) is 8.78 Å². The number of benzene rings is 1. The second kappa shape index (κ2) is 3.69. The average Bonchev–Trinajstić information content (AvgIpc) is 2.50. The van der Waals surface area contributed by atoms with Gasteiger partial charge in [-0.2, -0.15) is 0 Å². The first-order chi connectivity index (χ1) is 7.87. The van der Waals surface area contributed by atoms with Crippen LogP contribution in [0.2, 0.25) is 0 Å². The number of halogens is 2. The Hall–Kier alpha value is -2.18. The van der Waals surface area contributed by atoms with Crippen LogP contribution < -0.4 is 9.47 Å². The molecule has 5 nitrogen and oxygen atoms in total. The second-order valence-electron chi connectivity index (χ2n) is 3.35. The summed E-state index contributed by atoms with van der Waals surface area (Å²) in [5.74, 6) is -2.98. The molecule has 2 rings (SSSR count). The van der Waals surface area contributed by atoms with Gasteiger partial charge in [0.2, 0.25) is 5.78 Å². The molecule has 0 radical (unpaired) electrons. The van der Waals surface area contributed by atoms with E-state index in [1.807, 2.05) is 0 Å². The summed E-state index contributed by atoms with van der Waals surface area (Å²) in [5.41, 5.74) is 0.262. The van der Waals surface area contributed by atoms with Gasteiger partial charge >= 0.3 is 12.3 Å². The van der Waals surface area contributed by atoms with Crippen LogP contribution in [0.1, 0.15) is 5.56 Å². The van der Waals surface area contributed by atoms with E-state index in [-0.39, 0.29) is 17.1 Å². The van der Waals surface area contributed by atoms with Gasteiger partial charge in [0.25, 0.3) is 0 Å². The average molecular weight is 244 g/mol. The zero-order valence-corrected chi connectivity index (χ0v) is 8.28. The van der Waals surface area contributed by atoms with Gasteiger partial charge in [0.15, 0.2) is 11.5 Å². The number of carboxylic acid groups (broad SMARTS) is 1. The maximum absolute atomic E-state index is 12.7. The van der Waals surface area contributed by atoms with Gasteiger partial charge in [-0.05, 0) is 17.7 Å². The molecule has 0 bridgehead atoms. The van der Waals surface area contributed by atoms with Crippen molar-refractivity contribution in [3.8, 4) is 11.5 Å². The van der Waals surface area contributed by atoms with E-state index in [9.17, 15) is 18.4 Å². The number of hydrogen-bond acceptors (Lipinski definition) is 4. The van der Waals surface area contributed by atoms with E-state index in [0.717, 1.165) is 6.07 Å². The fourth-order valence-corrected chi connectivity index (χ4v) is 1.36. The van der Waals surface area contributed by atoms with Crippen LogP contribution in [0.25, 0.3) is 0 Å². The summed E-state index contributed by atoms with van der Waals surface area (Å²) >= 11 is 0. The first-order valence-corrected chi connectivity index (χ1v) is 4.52.